The molecule has 0 bridgehead atoms. The molecule has 0 saturated carbocycles. The number of hydrogen-bond donors (Lipinski definition) is 0. The second-order valence-corrected chi connectivity index (χ2v) is 2.86. The molecule has 1 rings (SSSR count). The van der Waals surface area contributed by atoms with Gasteiger partial charge in [-0.25, -0.2) is 4.79 Å². The van der Waals surface area contributed by atoms with Crippen LogP contribution in [0, 0.1) is 11.3 Å². The SMILES string of the molecule is Cn1c(C#N)c(Cl)c(=O)n(C)c1=O. The number of nitriles is 1. The molecule has 1 aromatic rings. The predicted octanol–water partition coefficient (Wildman–Crippen LogP) is -0.391. The van der Waals surface area contributed by atoms with E-state index in [-0.39, 0.29) is 10.7 Å². The molecule has 1 aromatic heterocycles. The number of hydrogen-bond acceptors (Lipinski definition) is 3. The Morgan fingerprint density at radius 1 is 1.31 bits per heavy atom. The Balaban J connectivity index is 3.92. The van der Waals surface area contributed by atoms with Crippen LogP contribution in [0.15, 0.2) is 9.59 Å². The van der Waals surface area contributed by atoms with Gasteiger partial charge in [-0.1, -0.05) is 11.6 Å². The molecule has 0 saturated heterocycles. The van der Waals surface area contributed by atoms with E-state index in [4.69, 9.17) is 16.9 Å². The molecule has 0 amide bonds. The van der Waals surface area contributed by atoms with E-state index in [9.17, 15) is 9.59 Å². The fourth-order valence-electron chi connectivity index (χ4n) is 0.927. The molecule has 0 radical (unpaired) electrons. The molecule has 13 heavy (non-hydrogen) atoms. The summed E-state index contributed by atoms with van der Waals surface area (Å²) in [6.07, 6.45) is 0. The minimum atomic E-state index is -0.652. The third kappa shape index (κ3) is 1.25. The molecule has 0 N–H and O–H groups in total. The van der Waals surface area contributed by atoms with Crippen LogP contribution in [0.4, 0.5) is 0 Å². The summed E-state index contributed by atoms with van der Waals surface area (Å²) in [5, 5.41) is 8.37. The number of aromatic nitrogens is 2. The fourth-order valence-corrected chi connectivity index (χ4v) is 1.22. The summed E-state index contributed by atoms with van der Waals surface area (Å²) >= 11 is 5.56. The van der Waals surface area contributed by atoms with E-state index >= 15 is 0 Å². The first-order valence-corrected chi connectivity index (χ1v) is 3.74. The molecule has 0 aromatic carbocycles. The Hall–Kier alpha value is -1.54. The van der Waals surface area contributed by atoms with Gasteiger partial charge < -0.3 is 0 Å². The largest absolute Gasteiger partial charge is 0.331 e. The Morgan fingerprint density at radius 2 is 1.85 bits per heavy atom. The van der Waals surface area contributed by atoms with E-state index in [1.807, 2.05) is 0 Å². The second kappa shape index (κ2) is 3.07. The van der Waals surface area contributed by atoms with Gasteiger partial charge in [0, 0.05) is 14.1 Å². The van der Waals surface area contributed by atoms with Crippen LogP contribution in [0.2, 0.25) is 5.02 Å². The zero-order valence-corrected chi connectivity index (χ0v) is 7.79. The van der Waals surface area contributed by atoms with E-state index in [1.54, 1.807) is 6.07 Å². The topological polar surface area (TPSA) is 67.8 Å². The molecule has 0 unspecified atom stereocenters. The first-order chi connectivity index (χ1) is 6.00. The van der Waals surface area contributed by atoms with Crippen molar-refractivity contribution in [2.24, 2.45) is 14.1 Å². The Bertz CT molecular complexity index is 469. The summed E-state index contributed by atoms with van der Waals surface area (Å²) in [6, 6.07) is 1.69. The maximum absolute atomic E-state index is 11.2. The Morgan fingerprint density at radius 3 is 2.31 bits per heavy atom. The lowest BCUT2D eigenvalue weighted by Crippen LogP contribution is -2.38. The third-order valence-corrected chi connectivity index (χ3v) is 2.06. The van der Waals surface area contributed by atoms with Crippen molar-refractivity contribution in [3.05, 3.63) is 31.6 Å². The minimum Gasteiger partial charge on any atom is -0.286 e. The summed E-state index contributed by atoms with van der Waals surface area (Å²) in [7, 11) is 2.68. The monoisotopic (exact) mass is 199 g/mol. The highest BCUT2D eigenvalue weighted by molar-refractivity contribution is 6.31. The molecule has 0 fully saturated rings. The molecule has 1 heterocycles. The van der Waals surface area contributed by atoms with Crippen LogP contribution in [-0.4, -0.2) is 9.13 Å². The van der Waals surface area contributed by atoms with Gasteiger partial charge in [-0.3, -0.25) is 13.9 Å². The lowest BCUT2D eigenvalue weighted by atomic mass is 10.4. The van der Waals surface area contributed by atoms with Crippen molar-refractivity contribution in [2.45, 2.75) is 0 Å². The highest BCUT2D eigenvalue weighted by atomic mass is 35.5. The van der Waals surface area contributed by atoms with Crippen LogP contribution in [0.5, 0.6) is 0 Å². The van der Waals surface area contributed by atoms with Crippen LogP contribution >= 0.6 is 11.6 Å². The number of halogens is 1. The smallest absolute Gasteiger partial charge is 0.286 e. The van der Waals surface area contributed by atoms with Gasteiger partial charge in [0.2, 0.25) is 0 Å². The third-order valence-electron chi connectivity index (χ3n) is 1.72. The Labute approximate surface area is 78.4 Å². The van der Waals surface area contributed by atoms with Gasteiger partial charge in [-0.2, -0.15) is 5.26 Å². The number of rotatable bonds is 0. The summed E-state index contributed by atoms with van der Waals surface area (Å²) in [5.41, 5.74) is -1.33. The second-order valence-electron chi connectivity index (χ2n) is 2.48. The van der Waals surface area contributed by atoms with Gasteiger partial charge in [-0.15, -0.1) is 0 Å². The van der Waals surface area contributed by atoms with Gasteiger partial charge in [0.1, 0.15) is 16.8 Å². The quantitative estimate of drug-likeness (QED) is 0.572. The van der Waals surface area contributed by atoms with Crippen molar-refractivity contribution in [1.29, 1.82) is 5.26 Å². The van der Waals surface area contributed by atoms with E-state index in [0.29, 0.717) is 0 Å². The van der Waals surface area contributed by atoms with E-state index in [2.05, 4.69) is 0 Å². The average Bonchev–Trinajstić information content (AvgIpc) is 2.13. The fraction of sp³-hybridized carbons (Fsp3) is 0.286. The molecule has 0 aliphatic rings. The van der Waals surface area contributed by atoms with Crippen LogP contribution in [-0.2, 0) is 14.1 Å². The standard InChI is InChI=1S/C7H6ClN3O2/c1-10-4(3-9)5(8)6(12)11(2)7(10)13/h1-2H3. The van der Waals surface area contributed by atoms with Gasteiger partial charge in [0.15, 0.2) is 0 Å². The van der Waals surface area contributed by atoms with Crippen molar-refractivity contribution in [3.8, 4) is 6.07 Å². The molecule has 0 aliphatic heterocycles. The molecular formula is C7H6ClN3O2. The van der Waals surface area contributed by atoms with Crippen molar-refractivity contribution in [3.63, 3.8) is 0 Å². The average molecular weight is 200 g/mol. The van der Waals surface area contributed by atoms with Gasteiger partial charge in [0.05, 0.1) is 0 Å². The van der Waals surface area contributed by atoms with E-state index < -0.39 is 11.2 Å². The maximum Gasteiger partial charge on any atom is 0.331 e. The molecule has 0 atom stereocenters. The van der Waals surface area contributed by atoms with E-state index in [1.165, 1.54) is 14.1 Å². The van der Waals surface area contributed by atoms with Gasteiger partial charge in [-0.05, 0) is 0 Å². The number of nitrogens with zero attached hydrogens (tertiary/aromatic N) is 3. The van der Waals surface area contributed by atoms with E-state index in [0.717, 1.165) is 9.13 Å². The summed E-state index contributed by atoms with van der Waals surface area (Å²) in [4.78, 5) is 22.4. The summed E-state index contributed by atoms with van der Waals surface area (Å²) in [6.45, 7) is 0. The molecule has 0 aliphatic carbocycles. The maximum atomic E-state index is 11.2. The van der Waals surface area contributed by atoms with Gasteiger partial charge >= 0.3 is 5.69 Å². The molecule has 5 nitrogen and oxygen atoms in total. The zero-order valence-electron chi connectivity index (χ0n) is 7.04. The van der Waals surface area contributed by atoms with Crippen molar-refractivity contribution in [2.75, 3.05) is 0 Å². The lowest BCUT2D eigenvalue weighted by Gasteiger charge is -2.04. The van der Waals surface area contributed by atoms with Crippen LogP contribution in [0.3, 0.4) is 0 Å². The minimum absolute atomic E-state index is 0.116. The van der Waals surface area contributed by atoms with Crippen molar-refractivity contribution >= 4 is 11.6 Å². The zero-order chi connectivity index (χ0) is 10.2. The first-order valence-electron chi connectivity index (χ1n) is 3.36. The van der Waals surface area contributed by atoms with Crippen molar-refractivity contribution < 1.29 is 0 Å². The summed E-state index contributed by atoms with van der Waals surface area (Å²) < 4.78 is 1.88. The van der Waals surface area contributed by atoms with Gasteiger partial charge in [0.25, 0.3) is 5.56 Å². The molecule has 0 spiro atoms. The Kier molecular flexibility index (Phi) is 2.26. The van der Waals surface area contributed by atoms with Crippen LogP contribution in [0.1, 0.15) is 5.69 Å². The normalized spacial score (nSPS) is 9.69. The summed E-state index contributed by atoms with van der Waals surface area (Å²) in [5.74, 6) is 0. The lowest BCUT2D eigenvalue weighted by molar-refractivity contribution is 0.678. The first kappa shape index (κ1) is 9.55. The van der Waals surface area contributed by atoms with Crippen LogP contribution in [0.25, 0.3) is 0 Å². The molecule has 68 valence electrons. The van der Waals surface area contributed by atoms with Crippen molar-refractivity contribution in [1.82, 2.24) is 9.13 Å². The predicted molar refractivity (Wildman–Crippen MR) is 46.6 cm³/mol. The molecular weight excluding hydrogens is 194 g/mol. The highest BCUT2D eigenvalue weighted by Gasteiger charge is 2.12. The molecule has 6 heteroatoms. The highest BCUT2D eigenvalue weighted by Crippen LogP contribution is 2.04. The van der Waals surface area contributed by atoms with Crippen LogP contribution < -0.4 is 11.2 Å².